The fourth-order valence-corrected chi connectivity index (χ4v) is 1.51. The molecule has 14 heavy (non-hydrogen) atoms. The summed E-state index contributed by atoms with van der Waals surface area (Å²) in [7, 11) is -3.17. The molecule has 0 bridgehead atoms. The zero-order chi connectivity index (χ0) is 10.9. The first-order valence-electron chi connectivity index (χ1n) is 4.32. The third-order valence-electron chi connectivity index (χ3n) is 2.18. The molecule has 1 rings (SSSR count). The predicted octanol–water partition coefficient (Wildman–Crippen LogP) is 0.195. The highest BCUT2D eigenvalue weighted by Crippen LogP contribution is 2.12. The Balaban J connectivity index is 3.00. The van der Waals surface area contributed by atoms with E-state index in [4.69, 9.17) is 5.73 Å². The summed E-state index contributed by atoms with van der Waals surface area (Å²) >= 11 is 0. The molecule has 0 spiro atoms. The molecule has 6 heteroatoms. The zero-order valence-corrected chi connectivity index (χ0v) is 9.32. The molecule has 0 aromatic carbocycles. The van der Waals surface area contributed by atoms with Crippen LogP contribution in [0.3, 0.4) is 0 Å². The molecule has 2 atom stereocenters. The van der Waals surface area contributed by atoms with Gasteiger partial charge in [0.25, 0.3) is 0 Å². The van der Waals surface area contributed by atoms with E-state index in [-0.39, 0.29) is 17.0 Å². The Labute approximate surface area is 83.8 Å². The average molecular weight is 217 g/mol. The summed E-state index contributed by atoms with van der Waals surface area (Å²) in [5, 5.41) is 3.96. The van der Waals surface area contributed by atoms with Crippen molar-refractivity contribution >= 4 is 9.84 Å². The van der Waals surface area contributed by atoms with Crippen LogP contribution >= 0.6 is 0 Å². The minimum Gasteiger partial charge on any atom is -0.326 e. The smallest absolute Gasteiger partial charge is 0.178 e. The van der Waals surface area contributed by atoms with Crippen molar-refractivity contribution in [3.05, 3.63) is 12.4 Å². The van der Waals surface area contributed by atoms with Crippen molar-refractivity contribution < 1.29 is 8.42 Å². The van der Waals surface area contributed by atoms with Gasteiger partial charge in [0.1, 0.15) is 4.90 Å². The molecule has 1 aromatic heterocycles. The van der Waals surface area contributed by atoms with Gasteiger partial charge in [-0.15, -0.1) is 0 Å². The van der Waals surface area contributed by atoms with Gasteiger partial charge in [0.2, 0.25) is 0 Å². The van der Waals surface area contributed by atoms with Crippen LogP contribution in [-0.2, 0) is 9.84 Å². The fraction of sp³-hybridized carbons (Fsp3) is 0.625. The lowest BCUT2D eigenvalue weighted by atomic mass is 10.2. The van der Waals surface area contributed by atoms with Gasteiger partial charge in [0.05, 0.1) is 12.2 Å². The monoisotopic (exact) mass is 217 g/mol. The number of nitrogens with two attached hydrogens (primary N) is 1. The van der Waals surface area contributed by atoms with Crippen LogP contribution in [0.2, 0.25) is 0 Å². The highest BCUT2D eigenvalue weighted by Gasteiger charge is 2.14. The van der Waals surface area contributed by atoms with E-state index in [2.05, 4.69) is 5.10 Å². The van der Waals surface area contributed by atoms with Crippen molar-refractivity contribution in [3.63, 3.8) is 0 Å². The average Bonchev–Trinajstić information content (AvgIpc) is 2.49. The molecule has 0 amide bonds. The van der Waals surface area contributed by atoms with Gasteiger partial charge in [-0.25, -0.2) is 8.42 Å². The highest BCUT2D eigenvalue weighted by molar-refractivity contribution is 7.90. The number of nitrogens with zero attached hydrogens (tertiary/aromatic N) is 2. The molecule has 0 saturated heterocycles. The molecule has 0 aliphatic rings. The summed E-state index contributed by atoms with van der Waals surface area (Å²) in [4.78, 5) is 0.227. The van der Waals surface area contributed by atoms with Crippen molar-refractivity contribution in [1.82, 2.24) is 9.78 Å². The molecular weight excluding hydrogens is 202 g/mol. The number of hydrogen-bond donors (Lipinski definition) is 1. The molecular formula is C8H15N3O2S. The SMILES string of the molecule is CC(N)C(C)n1cc(S(C)(=O)=O)cn1. The molecule has 0 fully saturated rings. The number of aromatic nitrogens is 2. The quantitative estimate of drug-likeness (QED) is 0.784. The maximum Gasteiger partial charge on any atom is 0.178 e. The normalized spacial score (nSPS) is 16.6. The number of sulfone groups is 1. The third kappa shape index (κ3) is 2.33. The summed E-state index contributed by atoms with van der Waals surface area (Å²) in [5.74, 6) is 0. The molecule has 2 N–H and O–H groups in total. The van der Waals surface area contributed by atoms with Crippen molar-refractivity contribution in [2.24, 2.45) is 5.73 Å². The summed E-state index contributed by atoms with van der Waals surface area (Å²) < 4.78 is 23.9. The lowest BCUT2D eigenvalue weighted by molar-refractivity contribution is 0.424. The molecule has 0 aliphatic carbocycles. The number of rotatable bonds is 3. The van der Waals surface area contributed by atoms with Crippen LogP contribution in [0.4, 0.5) is 0 Å². The first-order chi connectivity index (χ1) is 6.32. The van der Waals surface area contributed by atoms with Crippen LogP contribution in [0.5, 0.6) is 0 Å². The van der Waals surface area contributed by atoms with Gasteiger partial charge in [-0.05, 0) is 13.8 Å². The Kier molecular flexibility index (Phi) is 2.96. The molecule has 0 radical (unpaired) electrons. The van der Waals surface area contributed by atoms with Crippen LogP contribution in [0.25, 0.3) is 0 Å². The Bertz CT molecular complexity index is 408. The van der Waals surface area contributed by atoms with Crippen LogP contribution in [-0.4, -0.2) is 30.5 Å². The minimum absolute atomic E-state index is 0.00880. The van der Waals surface area contributed by atoms with Crippen molar-refractivity contribution in [1.29, 1.82) is 0 Å². The maximum atomic E-state index is 11.2. The Morgan fingerprint density at radius 2 is 2.07 bits per heavy atom. The van der Waals surface area contributed by atoms with E-state index >= 15 is 0 Å². The summed E-state index contributed by atoms with van der Waals surface area (Å²) in [6, 6.07) is -0.0761. The van der Waals surface area contributed by atoms with E-state index in [1.165, 1.54) is 12.4 Å². The molecule has 0 saturated carbocycles. The van der Waals surface area contributed by atoms with Crippen LogP contribution < -0.4 is 5.73 Å². The minimum atomic E-state index is -3.17. The summed E-state index contributed by atoms with van der Waals surface area (Å²) in [6.45, 7) is 3.75. The van der Waals surface area contributed by atoms with E-state index in [1.807, 2.05) is 13.8 Å². The third-order valence-corrected chi connectivity index (χ3v) is 3.25. The van der Waals surface area contributed by atoms with Crippen molar-refractivity contribution in [3.8, 4) is 0 Å². The predicted molar refractivity (Wildman–Crippen MR) is 53.7 cm³/mol. The summed E-state index contributed by atoms with van der Waals surface area (Å²) in [6.07, 6.45) is 4.00. The molecule has 80 valence electrons. The Hall–Kier alpha value is -0.880. The molecule has 1 aromatic rings. The van der Waals surface area contributed by atoms with Gasteiger partial charge in [0, 0.05) is 18.5 Å². The largest absolute Gasteiger partial charge is 0.326 e. The first-order valence-corrected chi connectivity index (χ1v) is 6.21. The van der Waals surface area contributed by atoms with E-state index in [1.54, 1.807) is 4.68 Å². The van der Waals surface area contributed by atoms with Gasteiger partial charge in [-0.2, -0.15) is 5.10 Å². The van der Waals surface area contributed by atoms with E-state index in [0.717, 1.165) is 6.26 Å². The van der Waals surface area contributed by atoms with Crippen LogP contribution in [0.15, 0.2) is 17.3 Å². The van der Waals surface area contributed by atoms with Crippen molar-refractivity contribution in [2.75, 3.05) is 6.26 Å². The molecule has 1 heterocycles. The van der Waals surface area contributed by atoms with Gasteiger partial charge in [0.15, 0.2) is 9.84 Å². The van der Waals surface area contributed by atoms with Gasteiger partial charge >= 0.3 is 0 Å². The first kappa shape index (κ1) is 11.2. The second kappa shape index (κ2) is 3.70. The van der Waals surface area contributed by atoms with Gasteiger partial charge in [-0.3, -0.25) is 4.68 Å². The van der Waals surface area contributed by atoms with Crippen LogP contribution in [0.1, 0.15) is 19.9 Å². The second-order valence-electron chi connectivity index (χ2n) is 3.53. The van der Waals surface area contributed by atoms with E-state index < -0.39 is 9.84 Å². The molecule has 2 unspecified atom stereocenters. The molecule has 0 aliphatic heterocycles. The zero-order valence-electron chi connectivity index (χ0n) is 8.51. The Morgan fingerprint density at radius 1 is 1.50 bits per heavy atom. The second-order valence-corrected chi connectivity index (χ2v) is 5.54. The lowest BCUT2D eigenvalue weighted by Gasteiger charge is -2.15. The van der Waals surface area contributed by atoms with Gasteiger partial charge < -0.3 is 5.73 Å². The maximum absolute atomic E-state index is 11.2. The molecule has 5 nitrogen and oxygen atoms in total. The lowest BCUT2D eigenvalue weighted by Crippen LogP contribution is -2.27. The number of hydrogen-bond acceptors (Lipinski definition) is 4. The van der Waals surface area contributed by atoms with E-state index in [0.29, 0.717) is 0 Å². The standard InChI is InChI=1S/C8H15N3O2S/c1-6(9)7(2)11-5-8(4-10-11)14(3,12)13/h4-7H,9H2,1-3H3. The van der Waals surface area contributed by atoms with E-state index in [9.17, 15) is 8.42 Å². The van der Waals surface area contributed by atoms with Gasteiger partial charge in [-0.1, -0.05) is 0 Å². The highest BCUT2D eigenvalue weighted by atomic mass is 32.2. The van der Waals surface area contributed by atoms with Crippen molar-refractivity contribution in [2.45, 2.75) is 30.8 Å². The Morgan fingerprint density at radius 3 is 2.43 bits per heavy atom. The topological polar surface area (TPSA) is 78.0 Å². The van der Waals surface area contributed by atoms with Crippen LogP contribution in [0, 0.1) is 0 Å². The summed E-state index contributed by atoms with van der Waals surface area (Å²) in [5.41, 5.74) is 5.68. The fourth-order valence-electron chi connectivity index (χ4n) is 0.976.